The van der Waals surface area contributed by atoms with Crippen LogP contribution in [0.15, 0.2) is 78.9 Å². The van der Waals surface area contributed by atoms with Crippen molar-refractivity contribution in [2.75, 3.05) is 11.4 Å². The largest absolute Gasteiger partial charge is 0.478 e. The minimum Gasteiger partial charge on any atom is -0.478 e. The Bertz CT molecular complexity index is 1300. The molecule has 5 rings (SSSR count). The minimum atomic E-state index is -0.913. The normalized spacial score (nSPS) is 12.9. The lowest BCUT2D eigenvalue weighted by Crippen LogP contribution is -2.32. The van der Waals surface area contributed by atoms with Crippen LogP contribution in [0.2, 0.25) is 0 Å². The maximum atomic E-state index is 11.4. The number of hydrogen-bond donors (Lipinski definition) is 1. The highest BCUT2D eigenvalue weighted by Crippen LogP contribution is 2.42. The van der Waals surface area contributed by atoms with Gasteiger partial charge in [-0.25, -0.2) is 9.48 Å². The smallest absolute Gasteiger partial charge is 0.335 e. The van der Waals surface area contributed by atoms with Gasteiger partial charge in [-0.3, -0.25) is 0 Å². The van der Waals surface area contributed by atoms with Crippen LogP contribution in [-0.2, 0) is 13.1 Å². The van der Waals surface area contributed by atoms with Crippen molar-refractivity contribution in [3.05, 3.63) is 95.7 Å². The van der Waals surface area contributed by atoms with E-state index in [1.54, 1.807) is 18.2 Å². The second-order valence-electron chi connectivity index (χ2n) is 8.20. The van der Waals surface area contributed by atoms with Crippen LogP contribution >= 0.6 is 0 Å². The molecule has 1 N–H and O–H groups in total. The number of hydrogen-bond acceptors (Lipinski definition) is 4. The highest BCUT2D eigenvalue weighted by atomic mass is 16.5. The number of ether oxygens (including phenoxy) is 1. The summed E-state index contributed by atoms with van der Waals surface area (Å²) in [5.74, 6) is 1.69. The Kier molecular flexibility index (Phi) is 5.57. The van der Waals surface area contributed by atoms with Gasteiger partial charge in [-0.15, -0.1) is 0 Å². The highest BCUT2D eigenvalue weighted by molar-refractivity contribution is 5.88. The van der Waals surface area contributed by atoms with Gasteiger partial charge in [0.05, 0.1) is 16.8 Å². The molecule has 0 aliphatic carbocycles. The first-order valence-electron chi connectivity index (χ1n) is 11.1. The molecule has 6 nitrogen and oxygen atoms in total. The standard InChI is InChI=1S/C27H25N3O3/c1-19-25(23-13-5-6-14-24(23)33-22-11-3-2-4-12-22)26-29(15-8-16-30(26)28-19)18-20-9-7-10-21(17-20)27(31)32/h2-7,9-14,17H,8,15-16,18H2,1H3,(H,31,32). The van der Waals surface area contributed by atoms with Gasteiger partial charge in [-0.05, 0) is 49.2 Å². The number of aromatic nitrogens is 2. The minimum absolute atomic E-state index is 0.302. The third-order valence-electron chi connectivity index (χ3n) is 5.87. The molecule has 4 aromatic rings. The first kappa shape index (κ1) is 20.8. The number of nitrogens with zero attached hydrogens (tertiary/aromatic N) is 3. The summed E-state index contributed by atoms with van der Waals surface area (Å²) in [5.41, 5.74) is 4.25. The summed E-state index contributed by atoms with van der Waals surface area (Å²) in [7, 11) is 0. The lowest BCUT2D eigenvalue weighted by atomic mass is 10.0. The Morgan fingerprint density at radius 2 is 1.79 bits per heavy atom. The van der Waals surface area contributed by atoms with E-state index in [0.717, 1.165) is 59.2 Å². The van der Waals surface area contributed by atoms with Gasteiger partial charge in [0.25, 0.3) is 0 Å². The number of rotatable bonds is 6. The first-order chi connectivity index (χ1) is 16.1. The Hall–Kier alpha value is -4.06. The molecule has 0 amide bonds. The van der Waals surface area contributed by atoms with E-state index in [1.165, 1.54) is 0 Å². The molecule has 1 aromatic heterocycles. The summed E-state index contributed by atoms with van der Waals surface area (Å²) in [5, 5.41) is 14.2. The van der Waals surface area contributed by atoms with Crippen LogP contribution < -0.4 is 9.64 Å². The summed E-state index contributed by atoms with van der Waals surface area (Å²) < 4.78 is 8.32. The van der Waals surface area contributed by atoms with Crippen LogP contribution in [0.5, 0.6) is 11.5 Å². The Labute approximate surface area is 192 Å². The molecular weight excluding hydrogens is 414 g/mol. The Balaban J connectivity index is 1.55. The number of carboxylic acids is 1. The predicted octanol–water partition coefficient (Wildman–Crippen LogP) is 5.76. The summed E-state index contributed by atoms with van der Waals surface area (Å²) in [6.07, 6.45) is 0.980. The highest BCUT2D eigenvalue weighted by Gasteiger charge is 2.27. The van der Waals surface area contributed by atoms with Gasteiger partial charge in [0.1, 0.15) is 17.3 Å². The van der Waals surface area contributed by atoms with Crippen molar-refractivity contribution in [2.24, 2.45) is 0 Å². The number of carboxylic acid groups (broad SMARTS) is 1. The summed E-state index contributed by atoms with van der Waals surface area (Å²) in [6.45, 7) is 4.37. The monoisotopic (exact) mass is 439 g/mol. The Morgan fingerprint density at radius 3 is 2.61 bits per heavy atom. The molecule has 0 bridgehead atoms. The van der Waals surface area contributed by atoms with E-state index < -0.39 is 5.97 Å². The van der Waals surface area contributed by atoms with Crippen LogP contribution in [0, 0.1) is 6.92 Å². The van der Waals surface area contributed by atoms with Crippen molar-refractivity contribution in [1.82, 2.24) is 9.78 Å². The molecule has 0 radical (unpaired) electrons. The summed E-state index contributed by atoms with van der Waals surface area (Å²) in [4.78, 5) is 13.7. The fourth-order valence-electron chi connectivity index (χ4n) is 4.43. The number of carbonyl (C=O) groups is 1. The number of para-hydroxylation sites is 2. The molecule has 3 aromatic carbocycles. The number of aryl methyl sites for hydroxylation is 2. The van der Waals surface area contributed by atoms with Gasteiger partial charge in [0, 0.05) is 25.2 Å². The molecule has 6 heteroatoms. The Morgan fingerprint density at radius 1 is 1.00 bits per heavy atom. The summed E-state index contributed by atoms with van der Waals surface area (Å²) in [6, 6.07) is 25.0. The van der Waals surface area contributed by atoms with E-state index in [1.807, 2.05) is 61.5 Å². The van der Waals surface area contributed by atoms with E-state index in [9.17, 15) is 9.90 Å². The van der Waals surface area contributed by atoms with Crippen molar-refractivity contribution in [1.29, 1.82) is 0 Å². The second-order valence-corrected chi connectivity index (χ2v) is 8.20. The zero-order chi connectivity index (χ0) is 22.8. The van der Waals surface area contributed by atoms with Gasteiger partial charge in [0.15, 0.2) is 0 Å². The number of benzene rings is 3. The fraction of sp³-hybridized carbons (Fsp3) is 0.185. The maximum Gasteiger partial charge on any atom is 0.335 e. The molecule has 0 saturated heterocycles. The third-order valence-corrected chi connectivity index (χ3v) is 5.87. The lowest BCUT2D eigenvalue weighted by molar-refractivity contribution is 0.0696. The van der Waals surface area contributed by atoms with Gasteiger partial charge in [0.2, 0.25) is 0 Å². The molecule has 33 heavy (non-hydrogen) atoms. The van der Waals surface area contributed by atoms with Gasteiger partial charge in [-0.1, -0.05) is 48.5 Å². The average molecular weight is 440 g/mol. The second kappa shape index (κ2) is 8.82. The predicted molar refractivity (Wildman–Crippen MR) is 128 cm³/mol. The average Bonchev–Trinajstić information content (AvgIpc) is 3.17. The van der Waals surface area contributed by atoms with Gasteiger partial charge in [-0.2, -0.15) is 5.10 Å². The van der Waals surface area contributed by atoms with Crippen molar-refractivity contribution in [3.8, 4) is 22.6 Å². The maximum absolute atomic E-state index is 11.4. The number of fused-ring (bicyclic) bond motifs is 1. The quantitative estimate of drug-likeness (QED) is 0.414. The number of anilines is 1. The van der Waals surface area contributed by atoms with E-state index in [0.29, 0.717) is 12.1 Å². The zero-order valence-electron chi connectivity index (χ0n) is 18.4. The topological polar surface area (TPSA) is 67.6 Å². The molecule has 1 aliphatic rings. The van der Waals surface area contributed by atoms with Gasteiger partial charge < -0.3 is 14.7 Å². The van der Waals surface area contributed by atoms with Crippen LogP contribution in [0.3, 0.4) is 0 Å². The van der Waals surface area contributed by atoms with Crippen molar-refractivity contribution in [3.63, 3.8) is 0 Å². The number of aromatic carboxylic acids is 1. The molecule has 0 spiro atoms. The molecular formula is C27H25N3O3. The lowest BCUT2D eigenvalue weighted by Gasteiger charge is -2.31. The van der Waals surface area contributed by atoms with E-state index in [-0.39, 0.29) is 0 Å². The molecule has 0 fully saturated rings. The third kappa shape index (κ3) is 4.20. The van der Waals surface area contributed by atoms with Gasteiger partial charge >= 0.3 is 5.97 Å². The molecule has 166 valence electrons. The molecule has 0 saturated carbocycles. The molecule has 0 atom stereocenters. The van der Waals surface area contributed by atoms with Crippen molar-refractivity contribution in [2.45, 2.75) is 26.4 Å². The van der Waals surface area contributed by atoms with E-state index >= 15 is 0 Å². The van der Waals surface area contributed by atoms with Crippen LogP contribution in [0.1, 0.15) is 28.0 Å². The van der Waals surface area contributed by atoms with E-state index in [4.69, 9.17) is 9.84 Å². The summed E-state index contributed by atoms with van der Waals surface area (Å²) >= 11 is 0. The molecule has 0 unspecified atom stereocenters. The molecule has 2 heterocycles. The zero-order valence-corrected chi connectivity index (χ0v) is 18.4. The van der Waals surface area contributed by atoms with Crippen LogP contribution in [0.25, 0.3) is 11.1 Å². The molecule has 1 aliphatic heterocycles. The fourth-order valence-corrected chi connectivity index (χ4v) is 4.43. The SMILES string of the molecule is Cc1nn2c(c1-c1ccccc1Oc1ccccc1)N(Cc1cccc(C(=O)O)c1)CCC2. The van der Waals surface area contributed by atoms with Crippen molar-refractivity contribution < 1.29 is 14.6 Å². The van der Waals surface area contributed by atoms with E-state index in [2.05, 4.69) is 15.6 Å². The van der Waals surface area contributed by atoms with Crippen LogP contribution in [-0.4, -0.2) is 27.4 Å². The van der Waals surface area contributed by atoms with Crippen molar-refractivity contribution >= 4 is 11.8 Å². The first-order valence-corrected chi connectivity index (χ1v) is 11.1. The van der Waals surface area contributed by atoms with Crippen LogP contribution in [0.4, 0.5) is 5.82 Å².